The third-order valence-corrected chi connectivity index (χ3v) is 3.92. The molecule has 0 radical (unpaired) electrons. The van der Waals surface area contributed by atoms with Gasteiger partial charge in [-0.2, -0.15) is 0 Å². The van der Waals surface area contributed by atoms with Gasteiger partial charge in [-0.1, -0.05) is 18.2 Å². The van der Waals surface area contributed by atoms with Crippen molar-refractivity contribution in [2.75, 3.05) is 32.2 Å². The monoisotopic (exact) mass is 356 g/mol. The number of hydrogen-bond acceptors (Lipinski definition) is 4. The highest BCUT2D eigenvalue weighted by molar-refractivity contribution is 5.97. The van der Waals surface area contributed by atoms with E-state index >= 15 is 0 Å². The third kappa shape index (κ3) is 5.51. The van der Waals surface area contributed by atoms with Gasteiger partial charge in [0, 0.05) is 25.2 Å². The number of methoxy groups -OCH3 is 2. The summed E-state index contributed by atoms with van der Waals surface area (Å²) >= 11 is 0. The van der Waals surface area contributed by atoms with Crippen LogP contribution in [0, 0.1) is 0 Å². The Kier molecular flexibility index (Phi) is 7.02. The summed E-state index contributed by atoms with van der Waals surface area (Å²) in [5.41, 5.74) is 1.70. The van der Waals surface area contributed by atoms with Crippen LogP contribution in [0.4, 0.5) is 5.69 Å². The van der Waals surface area contributed by atoms with Crippen molar-refractivity contribution in [1.29, 1.82) is 0 Å². The molecule has 0 saturated carbocycles. The van der Waals surface area contributed by atoms with Gasteiger partial charge in [0.2, 0.25) is 11.8 Å². The molecule has 0 aliphatic carbocycles. The molecule has 2 aromatic rings. The molecule has 6 heteroatoms. The molecule has 1 N–H and O–H groups in total. The lowest BCUT2D eigenvalue weighted by atomic mass is 10.1. The molecule has 0 bridgehead atoms. The largest absolute Gasteiger partial charge is 0.497 e. The maximum absolute atomic E-state index is 12.2. The van der Waals surface area contributed by atoms with Crippen LogP contribution in [0.1, 0.15) is 12.5 Å². The summed E-state index contributed by atoms with van der Waals surface area (Å²) in [6.07, 6.45) is 0.683. The lowest BCUT2D eigenvalue weighted by Gasteiger charge is -2.21. The summed E-state index contributed by atoms with van der Waals surface area (Å²) in [5, 5.41) is 2.85. The summed E-state index contributed by atoms with van der Waals surface area (Å²) in [4.78, 5) is 25.6. The molecular formula is C20H24N2O4. The number of nitrogens with zero attached hydrogens (tertiary/aromatic N) is 1. The van der Waals surface area contributed by atoms with E-state index in [4.69, 9.17) is 9.47 Å². The normalized spacial score (nSPS) is 10.1. The Labute approximate surface area is 153 Å². The summed E-state index contributed by atoms with van der Waals surface area (Å²) in [6, 6.07) is 14.8. The fourth-order valence-electron chi connectivity index (χ4n) is 2.54. The van der Waals surface area contributed by atoms with E-state index < -0.39 is 0 Å². The number of benzene rings is 2. The van der Waals surface area contributed by atoms with E-state index in [0.29, 0.717) is 24.4 Å². The summed E-state index contributed by atoms with van der Waals surface area (Å²) in [6.45, 7) is 1.87. The van der Waals surface area contributed by atoms with Gasteiger partial charge in [0.1, 0.15) is 18.0 Å². The second-order valence-electron chi connectivity index (χ2n) is 5.76. The summed E-state index contributed by atoms with van der Waals surface area (Å²) < 4.78 is 10.4. The van der Waals surface area contributed by atoms with E-state index in [9.17, 15) is 9.59 Å². The first-order valence-corrected chi connectivity index (χ1v) is 8.35. The van der Waals surface area contributed by atoms with Crippen molar-refractivity contribution < 1.29 is 19.1 Å². The predicted molar refractivity (Wildman–Crippen MR) is 101 cm³/mol. The van der Waals surface area contributed by atoms with Crippen LogP contribution in [0.15, 0.2) is 48.5 Å². The van der Waals surface area contributed by atoms with E-state index in [0.717, 1.165) is 11.3 Å². The van der Waals surface area contributed by atoms with Gasteiger partial charge in [-0.3, -0.25) is 9.59 Å². The van der Waals surface area contributed by atoms with Crippen molar-refractivity contribution in [2.45, 2.75) is 13.3 Å². The van der Waals surface area contributed by atoms with Crippen LogP contribution in [0.2, 0.25) is 0 Å². The maximum Gasteiger partial charge on any atom is 0.240 e. The molecule has 26 heavy (non-hydrogen) atoms. The molecule has 0 spiro atoms. The Balaban J connectivity index is 1.92. The van der Waals surface area contributed by atoms with Crippen molar-refractivity contribution in [3.05, 3.63) is 54.1 Å². The molecule has 138 valence electrons. The first-order valence-electron chi connectivity index (χ1n) is 8.35. The standard InChI is InChI=1S/C20H24N2O4/c1-15(23)22(17-7-5-9-19(13-17)26-3)14-20(24)21-11-10-16-6-4-8-18(12-16)25-2/h4-9,12-13H,10-11,14H2,1-3H3,(H,21,24). The molecule has 6 nitrogen and oxygen atoms in total. The minimum Gasteiger partial charge on any atom is -0.497 e. The van der Waals surface area contributed by atoms with Gasteiger partial charge in [-0.15, -0.1) is 0 Å². The third-order valence-electron chi connectivity index (χ3n) is 3.92. The minimum absolute atomic E-state index is 0.0411. The van der Waals surface area contributed by atoms with Gasteiger partial charge in [0.15, 0.2) is 0 Å². The Morgan fingerprint density at radius 2 is 1.65 bits per heavy atom. The smallest absolute Gasteiger partial charge is 0.240 e. The molecule has 0 aliphatic rings. The van der Waals surface area contributed by atoms with Crippen LogP contribution in [-0.2, 0) is 16.0 Å². The zero-order valence-corrected chi connectivity index (χ0v) is 15.3. The van der Waals surface area contributed by atoms with Crippen LogP contribution in [-0.4, -0.2) is 39.1 Å². The molecule has 0 atom stereocenters. The van der Waals surface area contributed by atoms with Crippen molar-refractivity contribution in [1.82, 2.24) is 5.32 Å². The molecule has 0 heterocycles. The Bertz CT molecular complexity index is 761. The lowest BCUT2D eigenvalue weighted by Crippen LogP contribution is -2.40. The first-order chi connectivity index (χ1) is 12.5. The average molecular weight is 356 g/mol. The number of rotatable bonds is 8. The van der Waals surface area contributed by atoms with Gasteiger partial charge in [-0.05, 0) is 36.2 Å². The molecule has 0 saturated heterocycles. The highest BCUT2D eigenvalue weighted by Gasteiger charge is 2.16. The van der Waals surface area contributed by atoms with E-state index in [1.807, 2.05) is 24.3 Å². The zero-order chi connectivity index (χ0) is 18.9. The number of nitrogens with one attached hydrogen (secondary N) is 1. The topological polar surface area (TPSA) is 67.9 Å². The minimum atomic E-state index is -0.217. The van der Waals surface area contributed by atoms with Crippen LogP contribution in [0.25, 0.3) is 0 Å². The second kappa shape index (κ2) is 9.46. The summed E-state index contributed by atoms with van der Waals surface area (Å²) in [7, 11) is 3.18. The lowest BCUT2D eigenvalue weighted by molar-refractivity contribution is -0.123. The molecule has 2 amide bonds. The van der Waals surface area contributed by atoms with E-state index in [-0.39, 0.29) is 18.4 Å². The van der Waals surface area contributed by atoms with Gasteiger partial charge < -0.3 is 19.7 Å². The number of hydrogen-bond donors (Lipinski definition) is 1. The molecule has 0 aromatic heterocycles. The quantitative estimate of drug-likeness (QED) is 0.789. The Hall–Kier alpha value is -3.02. The van der Waals surface area contributed by atoms with E-state index in [1.165, 1.54) is 11.8 Å². The molecule has 0 aliphatic heterocycles. The van der Waals surface area contributed by atoms with Crippen molar-refractivity contribution >= 4 is 17.5 Å². The van der Waals surface area contributed by atoms with Crippen molar-refractivity contribution in [3.63, 3.8) is 0 Å². The second-order valence-corrected chi connectivity index (χ2v) is 5.76. The number of anilines is 1. The van der Waals surface area contributed by atoms with Gasteiger partial charge in [0.25, 0.3) is 0 Å². The Morgan fingerprint density at radius 1 is 1.00 bits per heavy atom. The highest BCUT2D eigenvalue weighted by Crippen LogP contribution is 2.21. The van der Waals surface area contributed by atoms with Crippen LogP contribution in [0.3, 0.4) is 0 Å². The van der Waals surface area contributed by atoms with Crippen molar-refractivity contribution in [3.8, 4) is 11.5 Å². The number of amides is 2. The molecule has 2 rings (SSSR count). The fourth-order valence-corrected chi connectivity index (χ4v) is 2.54. The summed E-state index contributed by atoms with van der Waals surface area (Å²) in [5.74, 6) is 0.994. The van der Waals surface area contributed by atoms with Gasteiger partial charge >= 0.3 is 0 Å². The maximum atomic E-state index is 12.2. The van der Waals surface area contributed by atoms with E-state index in [1.54, 1.807) is 38.5 Å². The molecule has 2 aromatic carbocycles. The zero-order valence-electron chi connectivity index (χ0n) is 15.3. The SMILES string of the molecule is COc1cccc(CCNC(=O)CN(C(C)=O)c2cccc(OC)c2)c1. The Morgan fingerprint density at radius 3 is 2.31 bits per heavy atom. The molecule has 0 fully saturated rings. The average Bonchev–Trinajstić information content (AvgIpc) is 2.66. The number of carbonyl (C=O) groups is 2. The number of ether oxygens (including phenoxy) is 2. The van der Waals surface area contributed by atoms with Crippen molar-refractivity contribution in [2.24, 2.45) is 0 Å². The highest BCUT2D eigenvalue weighted by atomic mass is 16.5. The fraction of sp³-hybridized carbons (Fsp3) is 0.300. The van der Waals surface area contributed by atoms with Crippen LogP contribution in [0.5, 0.6) is 11.5 Å². The van der Waals surface area contributed by atoms with Crippen LogP contribution < -0.4 is 19.7 Å². The van der Waals surface area contributed by atoms with Gasteiger partial charge in [-0.25, -0.2) is 0 Å². The predicted octanol–water partition coefficient (Wildman–Crippen LogP) is 2.42. The first kappa shape index (κ1) is 19.3. The molecular weight excluding hydrogens is 332 g/mol. The van der Waals surface area contributed by atoms with Gasteiger partial charge in [0.05, 0.1) is 14.2 Å². The van der Waals surface area contributed by atoms with Crippen LogP contribution >= 0.6 is 0 Å². The molecule has 0 unspecified atom stereocenters. The number of carbonyl (C=O) groups excluding carboxylic acids is 2. The van der Waals surface area contributed by atoms with E-state index in [2.05, 4.69) is 5.32 Å².